The fourth-order valence-corrected chi connectivity index (χ4v) is 2.06. The first-order chi connectivity index (χ1) is 6.77. The molecule has 0 aromatic heterocycles. The Balaban J connectivity index is 2.78. The lowest BCUT2D eigenvalue weighted by Crippen LogP contribution is -1.98. The number of rotatable bonds is 5. The Morgan fingerprint density at radius 3 is 2.86 bits per heavy atom. The second-order valence-corrected chi connectivity index (χ2v) is 4.58. The molecule has 0 bridgehead atoms. The predicted octanol–water partition coefficient (Wildman–Crippen LogP) is 3.15. The van der Waals surface area contributed by atoms with Gasteiger partial charge in [-0.05, 0) is 18.6 Å². The number of nitrogens with one attached hydrogen (secondary N) is 1. The summed E-state index contributed by atoms with van der Waals surface area (Å²) in [5.41, 5.74) is 0.896. The number of amides is 1. The molecule has 1 aromatic rings. The van der Waals surface area contributed by atoms with Crippen molar-refractivity contribution < 1.29 is 4.79 Å². The average molecular weight is 209 g/mol. The van der Waals surface area contributed by atoms with Crippen molar-refractivity contribution in [2.45, 2.75) is 30.4 Å². The first-order valence-electron chi connectivity index (χ1n) is 4.73. The van der Waals surface area contributed by atoms with Crippen LogP contribution in [0.15, 0.2) is 29.2 Å². The Morgan fingerprint density at radius 1 is 1.50 bits per heavy atom. The number of carbonyl (C=O) groups excluding carboxylic acids is 1. The summed E-state index contributed by atoms with van der Waals surface area (Å²) >= 11 is 1.79. The molecule has 0 aliphatic carbocycles. The molecule has 1 amide bonds. The maximum atomic E-state index is 10.4. The standard InChI is InChI=1S/C11H15NOS/c1-3-9(2)14-11-7-5-4-6-10(11)12-8-13/h4-9H,3H2,1-2H3,(H,12,13). The van der Waals surface area contributed by atoms with Gasteiger partial charge in [0.1, 0.15) is 0 Å². The summed E-state index contributed by atoms with van der Waals surface area (Å²) in [7, 11) is 0. The van der Waals surface area contributed by atoms with Crippen LogP contribution in [-0.4, -0.2) is 11.7 Å². The monoisotopic (exact) mass is 209 g/mol. The van der Waals surface area contributed by atoms with Gasteiger partial charge in [-0.2, -0.15) is 0 Å². The Labute approximate surface area is 89.1 Å². The van der Waals surface area contributed by atoms with E-state index in [-0.39, 0.29) is 0 Å². The molecule has 0 fully saturated rings. The zero-order valence-electron chi connectivity index (χ0n) is 8.49. The molecule has 14 heavy (non-hydrogen) atoms. The van der Waals surface area contributed by atoms with E-state index in [1.54, 1.807) is 11.8 Å². The molecule has 1 rings (SSSR count). The molecule has 0 heterocycles. The van der Waals surface area contributed by atoms with Gasteiger partial charge in [-0.15, -0.1) is 11.8 Å². The van der Waals surface area contributed by atoms with E-state index in [1.165, 1.54) is 0 Å². The second-order valence-electron chi connectivity index (χ2n) is 3.10. The molecule has 1 unspecified atom stereocenters. The van der Waals surface area contributed by atoms with Crippen LogP contribution in [0.1, 0.15) is 20.3 Å². The van der Waals surface area contributed by atoms with Gasteiger partial charge in [-0.1, -0.05) is 26.0 Å². The minimum absolute atomic E-state index is 0.574. The smallest absolute Gasteiger partial charge is 0.211 e. The van der Waals surface area contributed by atoms with Gasteiger partial charge >= 0.3 is 0 Å². The molecule has 3 heteroatoms. The highest BCUT2D eigenvalue weighted by atomic mass is 32.2. The Kier molecular flexibility index (Phi) is 4.53. The van der Waals surface area contributed by atoms with Crippen LogP contribution in [-0.2, 0) is 4.79 Å². The van der Waals surface area contributed by atoms with Crippen molar-refractivity contribution in [1.29, 1.82) is 0 Å². The second kappa shape index (κ2) is 5.70. The highest BCUT2D eigenvalue weighted by Gasteiger charge is 2.05. The van der Waals surface area contributed by atoms with Crippen molar-refractivity contribution >= 4 is 23.9 Å². The Hall–Kier alpha value is -0.960. The first kappa shape index (κ1) is 11.1. The van der Waals surface area contributed by atoms with E-state index in [4.69, 9.17) is 0 Å². The van der Waals surface area contributed by atoms with Crippen molar-refractivity contribution in [2.75, 3.05) is 5.32 Å². The number of para-hydroxylation sites is 1. The van der Waals surface area contributed by atoms with Crippen LogP contribution < -0.4 is 5.32 Å². The Bertz CT molecular complexity index is 301. The number of benzene rings is 1. The highest BCUT2D eigenvalue weighted by molar-refractivity contribution is 8.00. The first-order valence-corrected chi connectivity index (χ1v) is 5.61. The maximum Gasteiger partial charge on any atom is 0.211 e. The summed E-state index contributed by atoms with van der Waals surface area (Å²) in [6.45, 7) is 4.34. The number of hydrogen-bond acceptors (Lipinski definition) is 2. The van der Waals surface area contributed by atoms with E-state index >= 15 is 0 Å². The molecule has 1 N–H and O–H groups in total. The average Bonchev–Trinajstić information content (AvgIpc) is 2.21. The van der Waals surface area contributed by atoms with E-state index in [9.17, 15) is 4.79 Å². The predicted molar refractivity (Wildman–Crippen MR) is 61.7 cm³/mol. The van der Waals surface area contributed by atoms with Crippen molar-refractivity contribution in [3.63, 3.8) is 0 Å². The van der Waals surface area contributed by atoms with E-state index in [0.717, 1.165) is 23.4 Å². The maximum absolute atomic E-state index is 10.4. The van der Waals surface area contributed by atoms with Crippen LogP contribution >= 0.6 is 11.8 Å². The molecule has 1 aromatic carbocycles. The van der Waals surface area contributed by atoms with Gasteiger partial charge in [0.15, 0.2) is 0 Å². The summed E-state index contributed by atoms with van der Waals surface area (Å²) in [5.74, 6) is 0. The van der Waals surface area contributed by atoms with Gasteiger partial charge in [0, 0.05) is 10.1 Å². The lowest BCUT2D eigenvalue weighted by Gasteiger charge is -2.11. The zero-order chi connectivity index (χ0) is 10.4. The van der Waals surface area contributed by atoms with E-state index < -0.39 is 0 Å². The quantitative estimate of drug-likeness (QED) is 0.596. The van der Waals surface area contributed by atoms with Crippen molar-refractivity contribution in [3.05, 3.63) is 24.3 Å². The molecule has 76 valence electrons. The third-order valence-electron chi connectivity index (χ3n) is 2.00. The minimum Gasteiger partial charge on any atom is -0.328 e. The lowest BCUT2D eigenvalue weighted by atomic mass is 10.3. The fraction of sp³-hybridized carbons (Fsp3) is 0.364. The number of hydrogen-bond donors (Lipinski definition) is 1. The summed E-state index contributed by atoms with van der Waals surface area (Å²) < 4.78 is 0. The fourth-order valence-electron chi connectivity index (χ4n) is 1.05. The molecule has 0 saturated heterocycles. The highest BCUT2D eigenvalue weighted by Crippen LogP contribution is 2.30. The molecule has 0 aliphatic heterocycles. The molecule has 2 nitrogen and oxygen atoms in total. The van der Waals surface area contributed by atoms with Gasteiger partial charge in [-0.25, -0.2) is 0 Å². The number of thioether (sulfide) groups is 1. The normalized spacial score (nSPS) is 12.1. The van der Waals surface area contributed by atoms with Gasteiger partial charge in [0.25, 0.3) is 0 Å². The molecule has 1 atom stereocenters. The van der Waals surface area contributed by atoms with E-state index in [0.29, 0.717) is 5.25 Å². The third kappa shape index (κ3) is 3.07. The SMILES string of the molecule is CCC(C)Sc1ccccc1NC=O. The van der Waals surface area contributed by atoms with Gasteiger partial charge in [0.05, 0.1) is 5.69 Å². The summed E-state index contributed by atoms with van der Waals surface area (Å²) in [4.78, 5) is 11.5. The zero-order valence-corrected chi connectivity index (χ0v) is 9.30. The lowest BCUT2D eigenvalue weighted by molar-refractivity contribution is -0.105. The molecular weight excluding hydrogens is 194 g/mol. The van der Waals surface area contributed by atoms with Gasteiger partial charge in [-0.3, -0.25) is 4.79 Å². The van der Waals surface area contributed by atoms with Crippen LogP contribution in [0.4, 0.5) is 5.69 Å². The minimum atomic E-state index is 0.574. The van der Waals surface area contributed by atoms with Crippen LogP contribution in [0, 0.1) is 0 Å². The van der Waals surface area contributed by atoms with Gasteiger partial charge < -0.3 is 5.32 Å². The molecule has 0 aliphatic rings. The molecule has 0 radical (unpaired) electrons. The number of anilines is 1. The number of carbonyl (C=O) groups is 1. The largest absolute Gasteiger partial charge is 0.328 e. The summed E-state index contributed by atoms with van der Waals surface area (Å²) in [5, 5.41) is 3.28. The van der Waals surface area contributed by atoms with Crippen LogP contribution in [0.5, 0.6) is 0 Å². The molecule has 0 saturated carbocycles. The van der Waals surface area contributed by atoms with E-state index in [1.807, 2.05) is 24.3 Å². The van der Waals surface area contributed by atoms with Crippen LogP contribution in [0.3, 0.4) is 0 Å². The van der Waals surface area contributed by atoms with E-state index in [2.05, 4.69) is 19.2 Å². The van der Waals surface area contributed by atoms with Crippen LogP contribution in [0.2, 0.25) is 0 Å². The molecule has 0 spiro atoms. The summed E-state index contributed by atoms with van der Waals surface area (Å²) in [6, 6.07) is 7.86. The third-order valence-corrected chi connectivity index (χ3v) is 3.35. The van der Waals surface area contributed by atoms with Crippen molar-refractivity contribution in [2.24, 2.45) is 0 Å². The molecular formula is C11H15NOS. The van der Waals surface area contributed by atoms with Gasteiger partial charge in [0.2, 0.25) is 6.41 Å². The summed E-state index contributed by atoms with van der Waals surface area (Å²) in [6.07, 6.45) is 1.84. The van der Waals surface area contributed by atoms with Crippen LogP contribution in [0.25, 0.3) is 0 Å². The van der Waals surface area contributed by atoms with Crippen molar-refractivity contribution in [3.8, 4) is 0 Å². The Morgan fingerprint density at radius 2 is 2.21 bits per heavy atom. The topological polar surface area (TPSA) is 29.1 Å². The van der Waals surface area contributed by atoms with Crippen molar-refractivity contribution in [1.82, 2.24) is 0 Å².